The molecule has 12 nitrogen and oxygen atoms in total. The fraction of sp³-hybridized carbons (Fsp3) is 0.457. The maximum atomic E-state index is 13.0. The number of aromatic nitrogens is 1. The van der Waals surface area contributed by atoms with Crippen molar-refractivity contribution in [2.75, 3.05) is 30.3 Å². The topological polar surface area (TPSA) is 144 Å². The highest BCUT2D eigenvalue weighted by molar-refractivity contribution is 7.99. The SMILES string of the molecule is CCN(CC)c1ccc2nc3c4cc(OCCCSC5OC(C)C(OC(C)=O)C(OC(C)=O)C5OC(C)=O)ccc4c(=O)cc-3oc2c1. The van der Waals surface area contributed by atoms with Crippen molar-refractivity contribution < 1.29 is 42.5 Å². The number of ether oxygens (including phenoxy) is 5. The van der Waals surface area contributed by atoms with Crippen LogP contribution >= 0.6 is 11.8 Å². The van der Waals surface area contributed by atoms with Gasteiger partial charge in [0.15, 0.2) is 35.1 Å². The van der Waals surface area contributed by atoms with E-state index in [0.717, 1.165) is 18.8 Å². The second kappa shape index (κ2) is 15.2. The van der Waals surface area contributed by atoms with Gasteiger partial charge in [-0.2, -0.15) is 0 Å². The molecule has 3 aliphatic rings. The number of thioether (sulfide) groups is 1. The van der Waals surface area contributed by atoms with Crippen LogP contribution in [0.2, 0.25) is 0 Å². The maximum absolute atomic E-state index is 13.0. The Labute approximate surface area is 282 Å². The van der Waals surface area contributed by atoms with E-state index in [1.165, 1.54) is 38.6 Å². The highest BCUT2D eigenvalue weighted by Gasteiger charge is 2.50. The van der Waals surface area contributed by atoms with E-state index in [2.05, 4.69) is 18.7 Å². The smallest absolute Gasteiger partial charge is 0.303 e. The monoisotopic (exact) mass is 680 g/mol. The van der Waals surface area contributed by atoms with Crippen LogP contribution in [0.15, 0.2) is 51.7 Å². The lowest BCUT2D eigenvalue weighted by Gasteiger charge is -2.43. The zero-order chi connectivity index (χ0) is 34.5. The molecule has 0 saturated carbocycles. The lowest BCUT2D eigenvalue weighted by atomic mass is 10.00. The summed E-state index contributed by atoms with van der Waals surface area (Å²) in [6, 6.07) is 12.6. The van der Waals surface area contributed by atoms with Crippen LogP contribution in [0, 0.1) is 0 Å². The van der Waals surface area contributed by atoms with Crippen LogP contribution in [0.3, 0.4) is 0 Å². The third-order valence-electron chi connectivity index (χ3n) is 8.00. The van der Waals surface area contributed by atoms with Crippen molar-refractivity contribution in [3.63, 3.8) is 0 Å². The second-order valence-corrected chi connectivity index (χ2v) is 12.7. The van der Waals surface area contributed by atoms with Gasteiger partial charge in [-0.05, 0) is 63.3 Å². The van der Waals surface area contributed by atoms with E-state index in [1.807, 2.05) is 18.2 Å². The average molecular weight is 681 g/mol. The average Bonchev–Trinajstić information content (AvgIpc) is 3.03. The van der Waals surface area contributed by atoms with E-state index in [1.54, 1.807) is 25.1 Å². The zero-order valence-corrected chi connectivity index (χ0v) is 28.7. The molecule has 0 bridgehead atoms. The highest BCUT2D eigenvalue weighted by atomic mass is 32.2. The molecule has 1 fully saturated rings. The molecule has 1 saturated heterocycles. The normalized spacial score (nSPS) is 20.8. The molecule has 2 aromatic rings. The minimum Gasteiger partial charge on any atom is -0.494 e. The molecule has 0 amide bonds. The Morgan fingerprint density at radius 1 is 0.875 bits per heavy atom. The fourth-order valence-corrected chi connectivity index (χ4v) is 7.04. The summed E-state index contributed by atoms with van der Waals surface area (Å²) in [5, 5.41) is 1.15. The first kappa shape index (κ1) is 35.0. The Bertz CT molecular complexity index is 1820. The van der Waals surface area contributed by atoms with Crippen molar-refractivity contribution in [2.45, 2.75) is 77.8 Å². The molecule has 5 atom stereocenters. The number of hydrogen-bond donors (Lipinski definition) is 0. The van der Waals surface area contributed by atoms with Crippen LogP contribution in [0.4, 0.5) is 5.69 Å². The van der Waals surface area contributed by atoms with Crippen molar-refractivity contribution in [1.29, 1.82) is 0 Å². The van der Waals surface area contributed by atoms with Crippen LogP contribution in [-0.4, -0.2) is 78.2 Å². The van der Waals surface area contributed by atoms with Crippen molar-refractivity contribution in [1.82, 2.24) is 4.98 Å². The molecule has 2 aliphatic heterocycles. The summed E-state index contributed by atoms with van der Waals surface area (Å²) in [6.45, 7) is 11.7. The minimum atomic E-state index is -1.03. The van der Waals surface area contributed by atoms with Crippen molar-refractivity contribution in [3.05, 3.63) is 52.7 Å². The minimum absolute atomic E-state index is 0.169. The number of nitrogens with zero attached hydrogens (tertiary/aromatic N) is 2. The molecule has 13 heteroatoms. The van der Waals surface area contributed by atoms with Crippen molar-refractivity contribution in [2.24, 2.45) is 0 Å². The van der Waals surface area contributed by atoms with Gasteiger partial charge in [-0.1, -0.05) is 0 Å². The van der Waals surface area contributed by atoms with Gasteiger partial charge in [0.25, 0.3) is 0 Å². The molecular formula is C35H40N2O10S. The molecule has 1 aliphatic carbocycles. The summed E-state index contributed by atoms with van der Waals surface area (Å²) in [4.78, 5) is 55.7. The van der Waals surface area contributed by atoms with E-state index in [0.29, 0.717) is 57.9 Å². The van der Waals surface area contributed by atoms with Gasteiger partial charge in [0.1, 0.15) is 22.4 Å². The van der Waals surface area contributed by atoms with Gasteiger partial charge in [0.2, 0.25) is 0 Å². The van der Waals surface area contributed by atoms with Gasteiger partial charge in [-0.15, -0.1) is 11.8 Å². The van der Waals surface area contributed by atoms with Gasteiger partial charge in [-0.3, -0.25) is 19.2 Å². The van der Waals surface area contributed by atoms with Gasteiger partial charge < -0.3 is 33.0 Å². The Hall–Kier alpha value is -4.36. The molecule has 0 radical (unpaired) electrons. The van der Waals surface area contributed by atoms with Gasteiger partial charge in [0.05, 0.1) is 12.7 Å². The van der Waals surface area contributed by atoms with Crippen LogP contribution in [0.25, 0.3) is 33.3 Å². The van der Waals surface area contributed by atoms with E-state index in [-0.39, 0.29) is 5.43 Å². The summed E-state index contributed by atoms with van der Waals surface area (Å²) >= 11 is 1.37. The first-order valence-corrected chi connectivity index (χ1v) is 17.0. The molecular weight excluding hydrogens is 640 g/mol. The van der Waals surface area contributed by atoms with E-state index < -0.39 is 47.8 Å². The molecule has 0 aromatic heterocycles. The third-order valence-corrected chi connectivity index (χ3v) is 9.24. The quantitative estimate of drug-likeness (QED) is 0.0625. The number of anilines is 1. The first-order valence-electron chi connectivity index (χ1n) is 16.0. The van der Waals surface area contributed by atoms with Crippen LogP contribution in [0.1, 0.15) is 48.0 Å². The van der Waals surface area contributed by atoms with Gasteiger partial charge in [-0.25, -0.2) is 4.98 Å². The largest absolute Gasteiger partial charge is 0.494 e. The lowest BCUT2D eigenvalue weighted by molar-refractivity contribution is -0.229. The number of esters is 3. The van der Waals surface area contributed by atoms with Crippen LogP contribution in [-0.2, 0) is 33.3 Å². The van der Waals surface area contributed by atoms with Crippen molar-refractivity contribution >= 4 is 57.2 Å². The molecule has 0 N–H and O–H groups in total. The number of benzene rings is 3. The second-order valence-electron chi connectivity index (χ2n) is 11.5. The lowest BCUT2D eigenvalue weighted by Crippen LogP contribution is -2.59. The van der Waals surface area contributed by atoms with Gasteiger partial charge >= 0.3 is 17.9 Å². The number of rotatable bonds is 12. The molecule has 5 rings (SSSR count). The van der Waals surface area contributed by atoms with E-state index >= 15 is 0 Å². The Balaban J connectivity index is 1.28. The summed E-state index contributed by atoms with van der Waals surface area (Å²) in [7, 11) is 0. The summed E-state index contributed by atoms with van der Waals surface area (Å²) in [5.74, 6) is -0.253. The molecule has 2 aromatic carbocycles. The Kier molecular flexibility index (Phi) is 11.1. The summed E-state index contributed by atoms with van der Waals surface area (Å²) < 4.78 is 34.7. The fourth-order valence-electron chi connectivity index (χ4n) is 5.87. The number of carbonyl (C=O) groups excluding carboxylic acids is 3. The Morgan fingerprint density at radius 2 is 1.56 bits per heavy atom. The molecule has 256 valence electrons. The maximum Gasteiger partial charge on any atom is 0.303 e. The summed E-state index contributed by atoms with van der Waals surface area (Å²) in [6.07, 6.45) is -3.01. The number of hydrogen-bond acceptors (Lipinski definition) is 13. The van der Waals surface area contributed by atoms with Gasteiger partial charge in [0, 0.05) is 62.5 Å². The molecule has 2 heterocycles. The zero-order valence-electron chi connectivity index (χ0n) is 27.8. The molecule has 5 unspecified atom stereocenters. The number of fused-ring (bicyclic) bond motifs is 4. The van der Waals surface area contributed by atoms with Crippen molar-refractivity contribution in [3.8, 4) is 17.2 Å². The molecule has 0 spiro atoms. The van der Waals surface area contributed by atoms with E-state index in [4.69, 9.17) is 33.1 Å². The highest BCUT2D eigenvalue weighted by Crippen LogP contribution is 2.35. The van der Waals surface area contributed by atoms with Crippen LogP contribution in [0.5, 0.6) is 5.75 Å². The number of carbonyl (C=O) groups is 3. The summed E-state index contributed by atoms with van der Waals surface area (Å²) in [5.41, 5.74) is 2.03. The van der Waals surface area contributed by atoms with E-state index in [9.17, 15) is 19.2 Å². The third kappa shape index (κ3) is 7.84. The van der Waals surface area contributed by atoms with Crippen LogP contribution < -0.4 is 15.1 Å². The predicted molar refractivity (Wildman–Crippen MR) is 182 cm³/mol. The molecule has 48 heavy (non-hydrogen) atoms. The predicted octanol–water partition coefficient (Wildman–Crippen LogP) is 5.33. The first-order chi connectivity index (χ1) is 23.0. The Morgan fingerprint density at radius 3 is 2.25 bits per heavy atom. The standard InChI is InChI=1S/C35H40N2O10S/c1-7-37(8-2)23-10-13-27-29(16-23)47-30-18-28(41)25-12-11-24(17-26(25)31(30)36-27)42-14-9-15-48-35-34(46-22(6)40)33(45-21(5)39)32(19(3)43-35)44-20(4)38/h10-13,16-19,32-35H,7-9,14-15H2,1-6H3.